The molecule has 1 rings (SSSR count). The zero-order valence-corrected chi connectivity index (χ0v) is 12.3. The molecule has 108 valence electrons. The molecular weight excluding hydrogens is 244 g/mol. The second kappa shape index (κ2) is 7.59. The summed E-state index contributed by atoms with van der Waals surface area (Å²) in [5.41, 5.74) is 0.618. The van der Waals surface area contributed by atoms with Crippen LogP contribution in [0.15, 0.2) is 18.2 Å². The van der Waals surface area contributed by atoms with E-state index in [0.29, 0.717) is 17.4 Å². The molecule has 0 fully saturated rings. The number of rotatable bonds is 7. The van der Waals surface area contributed by atoms with Crippen molar-refractivity contribution < 1.29 is 8.78 Å². The molecule has 1 N–H and O–H groups in total. The number of halogens is 2. The predicted octanol–water partition coefficient (Wildman–Crippen LogP) is 4.34. The van der Waals surface area contributed by atoms with Gasteiger partial charge in [0.05, 0.1) is 0 Å². The molecule has 0 heterocycles. The van der Waals surface area contributed by atoms with Crippen LogP contribution in [0.3, 0.4) is 0 Å². The summed E-state index contributed by atoms with van der Waals surface area (Å²) in [5.74, 6) is 0.0653. The molecule has 0 saturated heterocycles. The van der Waals surface area contributed by atoms with Crippen molar-refractivity contribution in [1.82, 2.24) is 5.32 Å². The molecule has 1 aromatic carbocycles. The van der Waals surface area contributed by atoms with Crippen LogP contribution in [-0.2, 0) is 0 Å². The first-order chi connectivity index (χ1) is 8.95. The van der Waals surface area contributed by atoms with E-state index < -0.39 is 11.6 Å². The predicted molar refractivity (Wildman–Crippen MR) is 76.3 cm³/mol. The largest absolute Gasteiger partial charge is 0.316 e. The van der Waals surface area contributed by atoms with Crippen molar-refractivity contribution >= 4 is 0 Å². The van der Waals surface area contributed by atoms with Crippen molar-refractivity contribution in [1.29, 1.82) is 0 Å². The monoisotopic (exact) mass is 269 g/mol. The van der Waals surface area contributed by atoms with Gasteiger partial charge in [0, 0.05) is 18.5 Å². The molecule has 0 aromatic heterocycles. The van der Waals surface area contributed by atoms with Crippen LogP contribution in [0.1, 0.15) is 45.6 Å². The Morgan fingerprint density at radius 3 is 2.32 bits per heavy atom. The molecule has 0 saturated carbocycles. The number of hydrogen-bond donors (Lipinski definition) is 1. The van der Waals surface area contributed by atoms with E-state index in [9.17, 15) is 8.78 Å². The van der Waals surface area contributed by atoms with Crippen LogP contribution in [0, 0.1) is 23.5 Å². The lowest BCUT2D eigenvalue weighted by atomic mass is 9.85. The second-order valence-corrected chi connectivity index (χ2v) is 5.71. The summed E-state index contributed by atoms with van der Waals surface area (Å²) in [6, 6.07) is 3.90. The van der Waals surface area contributed by atoms with Gasteiger partial charge in [-0.15, -0.1) is 0 Å². The Bertz CT molecular complexity index is 390. The van der Waals surface area contributed by atoms with Crippen LogP contribution >= 0.6 is 0 Å². The SMILES string of the molecule is CCC(C)C(CNCC(C)C)c1ccc(F)cc1F. The highest BCUT2D eigenvalue weighted by atomic mass is 19.1. The quantitative estimate of drug-likeness (QED) is 0.776. The molecule has 2 atom stereocenters. The lowest BCUT2D eigenvalue weighted by Gasteiger charge is -2.25. The van der Waals surface area contributed by atoms with Gasteiger partial charge in [-0.2, -0.15) is 0 Å². The van der Waals surface area contributed by atoms with Crippen molar-refractivity contribution in [2.45, 2.75) is 40.0 Å². The standard InChI is InChI=1S/C16H25F2N/c1-5-12(4)15(10-19-9-11(2)3)14-7-6-13(17)8-16(14)18/h6-8,11-12,15,19H,5,9-10H2,1-4H3. The van der Waals surface area contributed by atoms with Gasteiger partial charge in [0.25, 0.3) is 0 Å². The Labute approximate surface area is 115 Å². The maximum absolute atomic E-state index is 13.9. The molecule has 0 aliphatic heterocycles. The van der Waals surface area contributed by atoms with Crippen LogP contribution < -0.4 is 5.32 Å². The Balaban J connectivity index is 2.83. The number of nitrogens with one attached hydrogen (secondary N) is 1. The lowest BCUT2D eigenvalue weighted by molar-refractivity contribution is 0.396. The summed E-state index contributed by atoms with van der Waals surface area (Å²) in [6.07, 6.45) is 0.977. The van der Waals surface area contributed by atoms with E-state index in [2.05, 4.69) is 33.0 Å². The van der Waals surface area contributed by atoms with Crippen molar-refractivity contribution in [3.63, 3.8) is 0 Å². The Morgan fingerprint density at radius 2 is 1.79 bits per heavy atom. The summed E-state index contributed by atoms with van der Waals surface area (Å²) in [4.78, 5) is 0. The van der Waals surface area contributed by atoms with Gasteiger partial charge in [-0.3, -0.25) is 0 Å². The van der Waals surface area contributed by atoms with Crippen LogP contribution in [0.2, 0.25) is 0 Å². The Kier molecular flexibility index (Phi) is 6.43. The fourth-order valence-corrected chi connectivity index (χ4v) is 2.23. The van der Waals surface area contributed by atoms with E-state index in [1.165, 1.54) is 6.07 Å². The van der Waals surface area contributed by atoms with Gasteiger partial charge in [0.2, 0.25) is 0 Å². The van der Waals surface area contributed by atoms with Crippen LogP contribution in [-0.4, -0.2) is 13.1 Å². The molecule has 0 bridgehead atoms. The Hall–Kier alpha value is -0.960. The molecule has 0 aliphatic carbocycles. The highest BCUT2D eigenvalue weighted by molar-refractivity contribution is 5.23. The number of benzene rings is 1. The summed E-state index contributed by atoms with van der Waals surface area (Å²) in [5, 5.41) is 3.38. The number of hydrogen-bond acceptors (Lipinski definition) is 1. The smallest absolute Gasteiger partial charge is 0.129 e. The fraction of sp³-hybridized carbons (Fsp3) is 0.625. The van der Waals surface area contributed by atoms with Crippen LogP contribution in [0.5, 0.6) is 0 Å². The minimum atomic E-state index is -0.515. The van der Waals surface area contributed by atoms with Gasteiger partial charge in [-0.05, 0) is 30.0 Å². The minimum absolute atomic E-state index is 0.0874. The summed E-state index contributed by atoms with van der Waals surface area (Å²) >= 11 is 0. The zero-order chi connectivity index (χ0) is 14.4. The molecule has 0 spiro atoms. The van der Waals surface area contributed by atoms with Crippen LogP contribution in [0.25, 0.3) is 0 Å². The molecular formula is C16H25F2N. The van der Waals surface area contributed by atoms with E-state index in [1.54, 1.807) is 6.07 Å². The van der Waals surface area contributed by atoms with E-state index in [4.69, 9.17) is 0 Å². The molecule has 0 aliphatic rings. The third-order valence-corrected chi connectivity index (χ3v) is 3.61. The summed E-state index contributed by atoms with van der Waals surface area (Å²) in [7, 11) is 0. The Morgan fingerprint density at radius 1 is 1.11 bits per heavy atom. The van der Waals surface area contributed by atoms with E-state index in [1.807, 2.05) is 0 Å². The van der Waals surface area contributed by atoms with E-state index >= 15 is 0 Å². The van der Waals surface area contributed by atoms with E-state index in [0.717, 1.165) is 25.6 Å². The molecule has 2 unspecified atom stereocenters. The van der Waals surface area contributed by atoms with Gasteiger partial charge in [-0.25, -0.2) is 8.78 Å². The molecule has 3 heteroatoms. The van der Waals surface area contributed by atoms with Crippen molar-refractivity contribution in [3.05, 3.63) is 35.4 Å². The molecule has 1 aromatic rings. The lowest BCUT2D eigenvalue weighted by Crippen LogP contribution is -2.29. The van der Waals surface area contributed by atoms with Gasteiger partial charge in [-0.1, -0.05) is 40.2 Å². The van der Waals surface area contributed by atoms with Gasteiger partial charge < -0.3 is 5.32 Å². The molecule has 0 amide bonds. The first-order valence-corrected chi connectivity index (χ1v) is 7.11. The first kappa shape index (κ1) is 16.1. The average Bonchev–Trinajstić information content (AvgIpc) is 2.34. The second-order valence-electron chi connectivity index (χ2n) is 5.71. The zero-order valence-electron chi connectivity index (χ0n) is 12.3. The summed E-state index contributed by atoms with van der Waals surface area (Å²) < 4.78 is 26.9. The molecule has 19 heavy (non-hydrogen) atoms. The molecule has 1 nitrogen and oxygen atoms in total. The maximum atomic E-state index is 13.9. The third kappa shape index (κ3) is 4.90. The van der Waals surface area contributed by atoms with Crippen molar-refractivity contribution in [3.8, 4) is 0 Å². The van der Waals surface area contributed by atoms with Crippen LogP contribution in [0.4, 0.5) is 8.78 Å². The third-order valence-electron chi connectivity index (χ3n) is 3.61. The molecule has 0 radical (unpaired) electrons. The fourth-order valence-electron chi connectivity index (χ4n) is 2.23. The average molecular weight is 269 g/mol. The topological polar surface area (TPSA) is 12.0 Å². The normalized spacial score (nSPS) is 14.7. The highest BCUT2D eigenvalue weighted by Gasteiger charge is 2.21. The van der Waals surface area contributed by atoms with Gasteiger partial charge in [0.15, 0.2) is 0 Å². The van der Waals surface area contributed by atoms with Crippen molar-refractivity contribution in [2.24, 2.45) is 11.8 Å². The van der Waals surface area contributed by atoms with E-state index in [-0.39, 0.29) is 5.92 Å². The highest BCUT2D eigenvalue weighted by Crippen LogP contribution is 2.28. The van der Waals surface area contributed by atoms with Crippen molar-refractivity contribution in [2.75, 3.05) is 13.1 Å². The maximum Gasteiger partial charge on any atom is 0.129 e. The van der Waals surface area contributed by atoms with Gasteiger partial charge >= 0.3 is 0 Å². The first-order valence-electron chi connectivity index (χ1n) is 7.11. The summed E-state index contributed by atoms with van der Waals surface area (Å²) in [6.45, 7) is 10.1. The van der Waals surface area contributed by atoms with Gasteiger partial charge in [0.1, 0.15) is 11.6 Å². The minimum Gasteiger partial charge on any atom is -0.316 e.